The summed E-state index contributed by atoms with van der Waals surface area (Å²) in [4.78, 5) is 34.5. The molecule has 0 aromatic heterocycles. The molecule has 3 rings (SSSR count). The Bertz CT molecular complexity index is 1270. The van der Waals surface area contributed by atoms with E-state index in [0.29, 0.717) is 34.4 Å². The zero-order valence-electron chi connectivity index (χ0n) is 22.7. The van der Waals surface area contributed by atoms with E-state index in [0.717, 1.165) is 0 Å². The van der Waals surface area contributed by atoms with Gasteiger partial charge in [-0.05, 0) is 30.3 Å². The Kier molecular flexibility index (Phi) is 17.5. The molecule has 0 amide bonds. The predicted molar refractivity (Wildman–Crippen MR) is 144 cm³/mol. The molecule has 0 N–H and O–H groups in total. The summed E-state index contributed by atoms with van der Waals surface area (Å²) in [6, 6.07) is 9.80. The molecule has 2 aromatic carbocycles. The second-order valence-electron chi connectivity index (χ2n) is 8.24. The van der Waals surface area contributed by atoms with Crippen LogP contribution in [0.5, 0.6) is 23.0 Å². The van der Waals surface area contributed by atoms with E-state index >= 15 is 0 Å². The Morgan fingerprint density at radius 1 is 0.829 bits per heavy atom. The SMILES string of the molecule is CCC(=O)CCC(=O)CCC(=O)CCOc1ccc2c(c1)OCO2.O=S(=O)([O-])OCCOc1ccc(Cl)cc1Cl.[Na+]. The second-order valence-corrected chi connectivity index (χ2v) is 10.1. The zero-order valence-corrected chi connectivity index (χ0v) is 27.0. The van der Waals surface area contributed by atoms with Crippen LogP contribution in [-0.4, -0.2) is 56.9 Å². The van der Waals surface area contributed by atoms with Crippen molar-refractivity contribution in [3.63, 3.8) is 0 Å². The molecule has 1 heterocycles. The van der Waals surface area contributed by atoms with Crippen molar-refractivity contribution in [3.8, 4) is 23.0 Å². The third kappa shape index (κ3) is 15.8. The third-order valence-corrected chi connectivity index (χ3v) is 6.20. The van der Waals surface area contributed by atoms with Gasteiger partial charge in [0.1, 0.15) is 35.5 Å². The van der Waals surface area contributed by atoms with Gasteiger partial charge in [-0.1, -0.05) is 30.1 Å². The van der Waals surface area contributed by atoms with Crippen LogP contribution >= 0.6 is 23.2 Å². The van der Waals surface area contributed by atoms with Crippen molar-refractivity contribution in [3.05, 3.63) is 46.4 Å². The monoisotopic (exact) mass is 642 g/mol. The molecular weight excluding hydrogens is 614 g/mol. The number of halogens is 2. The molecule has 11 nitrogen and oxygen atoms in total. The second kappa shape index (κ2) is 19.3. The van der Waals surface area contributed by atoms with Crippen molar-refractivity contribution >= 4 is 51.0 Å². The van der Waals surface area contributed by atoms with Crippen molar-refractivity contribution in [2.24, 2.45) is 0 Å². The molecule has 0 saturated heterocycles. The molecule has 1 aliphatic rings. The number of rotatable bonds is 16. The van der Waals surface area contributed by atoms with Crippen molar-refractivity contribution in [2.45, 2.75) is 45.4 Å². The van der Waals surface area contributed by atoms with E-state index < -0.39 is 10.4 Å². The topological polar surface area (TPSA) is 155 Å². The summed E-state index contributed by atoms with van der Waals surface area (Å²) >= 11 is 11.4. The van der Waals surface area contributed by atoms with Gasteiger partial charge in [-0.25, -0.2) is 8.42 Å². The smallest absolute Gasteiger partial charge is 0.726 e. The number of benzene rings is 2. The molecule has 2 aromatic rings. The molecule has 0 unspecified atom stereocenters. The normalized spacial score (nSPS) is 11.5. The van der Waals surface area contributed by atoms with Gasteiger partial charge in [0.25, 0.3) is 0 Å². The van der Waals surface area contributed by atoms with E-state index in [1.54, 1.807) is 31.2 Å². The zero-order chi connectivity index (χ0) is 29.5. The Labute approximate surface area is 271 Å². The first kappa shape index (κ1) is 37.1. The van der Waals surface area contributed by atoms with Gasteiger partial charge in [-0.15, -0.1) is 0 Å². The Hall–Kier alpha value is -1.90. The fraction of sp³-hybridized carbons (Fsp3) is 0.423. The van der Waals surface area contributed by atoms with Crippen LogP contribution in [0, 0.1) is 0 Å². The molecule has 0 spiro atoms. The van der Waals surface area contributed by atoms with Crippen LogP contribution in [-0.2, 0) is 29.0 Å². The number of hydrogen-bond acceptors (Lipinski definition) is 11. The van der Waals surface area contributed by atoms with Crippen LogP contribution in [0.3, 0.4) is 0 Å². The minimum Gasteiger partial charge on any atom is -0.726 e. The number of carbonyl (C=O) groups excluding carboxylic acids is 3. The van der Waals surface area contributed by atoms with Crippen LogP contribution in [0.1, 0.15) is 45.4 Å². The van der Waals surface area contributed by atoms with E-state index in [1.807, 2.05) is 0 Å². The minimum atomic E-state index is -4.68. The van der Waals surface area contributed by atoms with Gasteiger partial charge in [0.15, 0.2) is 11.5 Å². The summed E-state index contributed by atoms with van der Waals surface area (Å²) in [5, 5.41) is 0.744. The fourth-order valence-corrected chi connectivity index (χ4v) is 3.85. The van der Waals surface area contributed by atoms with Gasteiger partial charge in [0, 0.05) is 49.6 Å². The fourth-order valence-electron chi connectivity index (χ4n) is 3.11. The number of carbonyl (C=O) groups is 3. The molecule has 15 heteroatoms. The number of fused-ring (bicyclic) bond motifs is 1. The summed E-state index contributed by atoms with van der Waals surface area (Å²) in [6.07, 6.45) is 1.59. The van der Waals surface area contributed by atoms with Gasteiger partial charge < -0.3 is 23.5 Å². The quantitative estimate of drug-likeness (QED) is 0.114. The number of hydrogen-bond donors (Lipinski definition) is 0. The van der Waals surface area contributed by atoms with Crippen LogP contribution in [0.15, 0.2) is 36.4 Å². The first-order valence-corrected chi connectivity index (χ1v) is 14.3. The minimum absolute atomic E-state index is 0. The van der Waals surface area contributed by atoms with Crippen molar-refractivity contribution in [1.29, 1.82) is 0 Å². The molecule has 0 fully saturated rings. The Morgan fingerprint density at radius 3 is 2.10 bits per heavy atom. The molecule has 0 radical (unpaired) electrons. The van der Waals surface area contributed by atoms with Crippen molar-refractivity contribution < 1.29 is 80.0 Å². The number of Topliss-reactive ketones (excluding diaryl/α,β-unsaturated/α-hetero) is 3. The Balaban J connectivity index is 0.000000433. The van der Waals surface area contributed by atoms with E-state index in [2.05, 4.69) is 4.18 Å². The van der Waals surface area contributed by atoms with Crippen molar-refractivity contribution in [2.75, 3.05) is 26.6 Å². The number of ether oxygens (including phenoxy) is 4. The van der Waals surface area contributed by atoms with Crippen LogP contribution in [0.25, 0.3) is 0 Å². The predicted octanol–water partition coefficient (Wildman–Crippen LogP) is 1.71. The average molecular weight is 643 g/mol. The first-order valence-electron chi connectivity index (χ1n) is 12.2. The average Bonchev–Trinajstić information content (AvgIpc) is 3.37. The summed E-state index contributed by atoms with van der Waals surface area (Å²) in [6.45, 7) is 1.75. The maximum absolute atomic E-state index is 11.8. The molecule has 41 heavy (non-hydrogen) atoms. The first-order chi connectivity index (χ1) is 19.0. The molecule has 0 atom stereocenters. The van der Waals surface area contributed by atoms with Crippen molar-refractivity contribution in [1.82, 2.24) is 0 Å². The third-order valence-electron chi connectivity index (χ3n) is 5.22. The molecule has 0 aliphatic carbocycles. The maximum Gasteiger partial charge on any atom is 1.00 e. The van der Waals surface area contributed by atoms with Gasteiger partial charge in [0.05, 0.1) is 18.2 Å². The standard InChI is InChI=1S/C18H22O6.C8H8Cl2O5S.Na/c1-2-13(19)3-4-14(20)5-6-15(21)9-10-22-16-7-8-17-18(11-16)24-12-23-17;9-6-1-2-8(7(10)5-6)14-3-4-15-16(11,12)13;/h7-8,11H,2-6,9-10,12H2,1H3;1-2,5H,3-4H2,(H,11,12,13);/q;;+1/p-1. The summed E-state index contributed by atoms with van der Waals surface area (Å²) < 4.78 is 55.2. The van der Waals surface area contributed by atoms with E-state index in [9.17, 15) is 27.4 Å². The molecule has 220 valence electrons. The van der Waals surface area contributed by atoms with E-state index in [1.165, 1.54) is 12.1 Å². The number of ketones is 3. The molecule has 0 bridgehead atoms. The summed E-state index contributed by atoms with van der Waals surface area (Å²) in [7, 11) is -4.68. The van der Waals surface area contributed by atoms with Gasteiger partial charge in [-0.3, -0.25) is 18.6 Å². The van der Waals surface area contributed by atoms with Crippen LogP contribution < -0.4 is 48.5 Å². The molecular formula is C26H29Cl2NaO11S. The largest absolute Gasteiger partial charge is 1.00 e. The molecule has 0 saturated carbocycles. The van der Waals surface area contributed by atoms with Crippen LogP contribution in [0.4, 0.5) is 0 Å². The van der Waals surface area contributed by atoms with E-state index in [4.69, 9.17) is 42.1 Å². The molecule has 1 aliphatic heterocycles. The van der Waals surface area contributed by atoms with Gasteiger partial charge >= 0.3 is 29.6 Å². The summed E-state index contributed by atoms with van der Waals surface area (Å²) in [5.41, 5.74) is 0. The van der Waals surface area contributed by atoms with Crippen LogP contribution in [0.2, 0.25) is 10.0 Å². The summed E-state index contributed by atoms with van der Waals surface area (Å²) in [5.74, 6) is 2.27. The van der Waals surface area contributed by atoms with Gasteiger partial charge in [0.2, 0.25) is 17.2 Å². The Morgan fingerprint density at radius 2 is 1.46 bits per heavy atom. The van der Waals surface area contributed by atoms with Gasteiger partial charge in [-0.2, -0.15) is 0 Å². The maximum atomic E-state index is 11.8. The van der Waals surface area contributed by atoms with E-state index in [-0.39, 0.29) is 111 Å².